The summed E-state index contributed by atoms with van der Waals surface area (Å²) in [6.07, 6.45) is 3.91. The minimum absolute atomic E-state index is 0.283. The first-order valence-corrected chi connectivity index (χ1v) is 6.17. The Morgan fingerprint density at radius 3 is 3.06 bits per heavy atom. The van der Waals surface area contributed by atoms with Gasteiger partial charge in [-0.3, -0.25) is 4.79 Å². The van der Waals surface area contributed by atoms with Crippen LogP contribution in [-0.2, 0) is 11.8 Å². The van der Waals surface area contributed by atoms with Gasteiger partial charge < -0.3 is 15.6 Å². The monoisotopic (exact) mass is 241 g/mol. The zero-order chi connectivity index (χ0) is 11.5. The van der Waals surface area contributed by atoms with Crippen molar-refractivity contribution in [3.63, 3.8) is 0 Å². The van der Waals surface area contributed by atoms with E-state index in [1.54, 1.807) is 6.33 Å². The lowest BCUT2D eigenvalue weighted by atomic mass is 10.3. The van der Waals surface area contributed by atoms with E-state index in [9.17, 15) is 4.79 Å². The van der Waals surface area contributed by atoms with Crippen LogP contribution >= 0.6 is 11.8 Å². The highest BCUT2D eigenvalue weighted by atomic mass is 32.2. The molecule has 0 aliphatic heterocycles. The first kappa shape index (κ1) is 11.4. The van der Waals surface area contributed by atoms with Gasteiger partial charge in [-0.1, -0.05) is 11.8 Å². The van der Waals surface area contributed by atoms with Crippen LogP contribution in [0.1, 0.15) is 12.8 Å². The number of amides is 1. The molecule has 0 radical (unpaired) electrons. The Balaban J connectivity index is 1.85. The lowest BCUT2D eigenvalue weighted by molar-refractivity contribution is -0.119. The number of carbonyl (C=O) groups is 1. The van der Waals surface area contributed by atoms with E-state index in [1.165, 1.54) is 11.8 Å². The maximum Gasteiger partial charge on any atom is 0.235 e. The van der Waals surface area contributed by atoms with E-state index in [4.69, 9.17) is 5.73 Å². The SMILES string of the molecule is Cn1cnnc1SCC(NC1CC1)C(N)=O. The Bertz CT molecular complexity index is 376. The molecule has 1 saturated carbocycles. The van der Waals surface area contributed by atoms with Gasteiger partial charge in [0, 0.05) is 18.8 Å². The van der Waals surface area contributed by atoms with Crippen molar-refractivity contribution in [2.24, 2.45) is 12.8 Å². The van der Waals surface area contributed by atoms with Crippen molar-refractivity contribution in [2.45, 2.75) is 30.1 Å². The molecule has 1 amide bonds. The lowest BCUT2D eigenvalue weighted by Crippen LogP contribution is -2.44. The number of aryl methyl sites for hydroxylation is 1. The van der Waals surface area contributed by atoms with Crippen molar-refractivity contribution < 1.29 is 4.79 Å². The molecular formula is C9H15N5OS. The third-order valence-electron chi connectivity index (χ3n) is 2.41. The molecule has 1 unspecified atom stereocenters. The van der Waals surface area contributed by atoms with E-state index >= 15 is 0 Å². The first-order chi connectivity index (χ1) is 7.66. The zero-order valence-corrected chi connectivity index (χ0v) is 9.91. The summed E-state index contributed by atoms with van der Waals surface area (Å²) < 4.78 is 1.82. The van der Waals surface area contributed by atoms with Gasteiger partial charge in [0.05, 0.1) is 6.04 Å². The Morgan fingerprint density at radius 1 is 1.81 bits per heavy atom. The van der Waals surface area contributed by atoms with Gasteiger partial charge in [0.15, 0.2) is 5.16 Å². The summed E-state index contributed by atoms with van der Waals surface area (Å²) >= 11 is 1.49. The zero-order valence-electron chi connectivity index (χ0n) is 9.09. The van der Waals surface area contributed by atoms with Crippen LogP contribution in [0.5, 0.6) is 0 Å². The summed E-state index contributed by atoms with van der Waals surface area (Å²) in [5.41, 5.74) is 5.33. The second-order valence-corrected chi connectivity index (χ2v) is 4.92. The normalized spacial score (nSPS) is 17.3. The molecule has 2 rings (SSSR count). The molecule has 3 N–H and O–H groups in total. The molecule has 88 valence electrons. The van der Waals surface area contributed by atoms with Gasteiger partial charge in [0.2, 0.25) is 5.91 Å². The molecule has 1 fully saturated rings. The Hall–Kier alpha value is -1.08. The van der Waals surface area contributed by atoms with Crippen LogP contribution in [0, 0.1) is 0 Å². The van der Waals surface area contributed by atoms with E-state index in [0.29, 0.717) is 11.8 Å². The number of rotatable bonds is 6. The molecule has 1 aromatic rings. The van der Waals surface area contributed by atoms with Crippen molar-refractivity contribution in [2.75, 3.05) is 5.75 Å². The van der Waals surface area contributed by atoms with Gasteiger partial charge in [-0.2, -0.15) is 0 Å². The highest BCUT2D eigenvalue weighted by Gasteiger charge is 2.27. The van der Waals surface area contributed by atoms with Gasteiger partial charge in [0.25, 0.3) is 0 Å². The van der Waals surface area contributed by atoms with Gasteiger partial charge in [-0.15, -0.1) is 10.2 Å². The minimum atomic E-state index is -0.304. The van der Waals surface area contributed by atoms with Crippen molar-refractivity contribution in [1.29, 1.82) is 0 Å². The molecule has 1 aromatic heterocycles. The van der Waals surface area contributed by atoms with Crippen LogP contribution in [0.3, 0.4) is 0 Å². The molecular weight excluding hydrogens is 226 g/mol. The Labute approximate surface area is 98.0 Å². The molecule has 1 heterocycles. The van der Waals surface area contributed by atoms with Gasteiger partial charge in [-0.25, -0.2) is 0 Å². The molecule has 1 aliphatic rings. The molecule has 1 aliphatic carbocycles. The molecule has 7 heteroatoms. The van der Waals surface area contributed by atoms with E-state index in [1.807, 2.05) is 11.6 Å². The number of primary amides is 1. The van der Waals surface area contributed by atoms with Gasteiger partial charge >= 0.3 is 0 Å². The largest absolute Gasteiger partial charge is 0.368 e. The van der Waals surface area contributed by atoms with E-state index in [-0.39, 0.29) is 11.9 Å². The van der Waals surface area contributed by atoms with Crippen LogP contribution in [-0.4, -0.2) is 38.5 Å². The van der Waals surface area contributed by atoms with Crippen molar-refractivity contribution in [3.8, 4) is 0 Å². The van der Waals surface area contributed by atoms with E-state index < -0.39 is 0 Å². The maximum atomic E-state index is 11.2. The van der Waals surface area contributed by atoms with Crippen LogP contribution in [0.2, 0.25) is 0 Å². The molecule has 0 spiro atoms. The molecule has 16 heavy (non-hydrogen) atoms. The maximum absolute atomic E-state index is 11.2. The molecule has 1 atom stereocenters. The predicted octanol–water partition coefficient (Wildman–Crippen LogP) is -0.487. The van der Waals surface area contributed by atoms with E-state index in [2.05, 4.69) is 15.5 Å². The number of hydrogen-bond acceptors (Lipinski definition) is 5. The van der Waals surface area contributed by atoms with Crippen LogP contribution in [0.4, 0.5) is 0 Å². The van der Waals surface area contributed by atoms with Gasteiger partial charge in [-0.05, 0) is 12.8 Å². The summed E-state index contributed by atoms with van der Waals surface area (Å²) in [6, 6.07) is 0.187. The fraction of sp³-hybridized carbons (Fsp3) is 0.667. The fourth-order valence-corrected chi connectivity index (χ4v) is 2.24. The summed E-state index contributed by atoms with van der Waals surface area (Å²) in [7, 11) is 1.87. The third kappa shape index (κ3) is 2.96. The Kier molecular flexibility index (Phi) is 3.45. The van der Waals surface area contributed by atoms with Crippen molar-refractivity contribution in [3.05, 3.63) is 6.33 Å². The number of nitrogens with zero attached hydrogens (tertiary/aromatic N) is 3. The average Bonchev–Trinajstić information content (AvgIpc) is 2.96. The number of nitrogens with one attached hydrogen (secondary N) is 1. The molecule has 0 bridgehead atoms. The number of nitrogens with two attached hydrogens (primary N) is 1. The predicted molar refractivity (Wildman–Crippen MR) is 60.9 cm³/mol. The molecule has 0 aromatic carbocycles. The molecule has 0 saturated heterocycles. The summed E-state index contributed by atoms with van der Waals surface area (Å²) in [5.74, 6) is 0.291. The summed E-state index contributed by atoms with van der Waals surface area (Å²) in [4.78, 5) is 11.2. The smallest absolute Gasteiger partial charge is 0.235 e. The second-order valence-electron chi connectivity index (χ2n) is 3.93. The average molecular weight is 241 g/mol. The topological polar surface area (TPSA) is 85.8 Å². The first-order valence-electron chi connectivity index (χ1n) is 5.19. The highest BCUT2D eigenvalue weighted by Crippen LogP contribution is 2.21. The van der Waals surface area contributed by atoms with Crippen LogP contribution in [0.15, 0.2) is 11.5 Å². The van der Waals surface area contributed by atoms with E-state index in [0.717, 1.165) is 18.0 Å². The Morgan fingerprint density at radius 2 is 2.56 bits per heavy atom. The number of hydrogen-bond donors (Lipinski definition) is 2. The van der Waals surface area contributed by atoms with Crippen molar-refractivity contribution >= 4 is 17.7 Å². The number of carbonyl (C=O) groups excluding carboxylic acids is 1. The third-order valence-corrected chi connectivity index (χ3v) is 3.53. The standard InChI is InChI=1S/C9H15N5OS/c1-14-5-11-13-9(14)16-4-7(8(10)15)12-6-2-3-6/h5-7,12H,2-4H2,1H3,(H2,10,15). The summed E-state index contributed by atoms with van der Waals surface area (Å²) in [5, 5.41) is 11.7. The number of aromatic nitrogens is 3. The fourth-order valence-electron chi connectivity index (χ4n) is 1.31. The summed E-state index contributed by atoms with van der Waals surface area (Å²) in [6.45, 7) is 0. The van der Waals surface area contributed by atoms with Crippen molar-refractivity contribution in [1.82, 2.24) is 20.1 Å². The van der Waals surface area contributed by atoms with Gasteiger partial charge in [0.1, 0.15) is 6.33 Å². The highest BCUT2D eigenvalue weighted by molar-refractivity contribution is 7.99. The lowest BCUT2D eigenvalue weighted by Gasteiger charge is -2.13. The quantitative estimate of drug-likeness (QED) is 0.657. The second kappa shape index (κ2) is 4.84. The van der Waals surface area contributed by atoms with Crippen LogP contribution in [0.25, 0.3) is 0 Å². The number of thioether (sulfide) groups is 1. The minimum Gasteiger partial charge on any atom is -0.368 e. The molecule has 6 nitrogen and oxygen atoms in total. The van der Waals surface area contributed by atoms with Crippen LogP contribution < -0.4 is 11.1 Å².